The summed E-state index contributed by atoms with van der Waals surface area (Å²) in [4.78, 5) is 0. The summed E-state index contributed by atoms with van der Waals surface area (Å²) in [7, 11) is 0. The lowest BCUT2D eigenvalue weighted by Gasteiger charge is -2.46. The molecule has 1 aliphatic carbocycles. The summed E-state index contributed by atoms with van der Waals surface area (Å²) in [6, 6.07) is 0. The Morgan fingerprint density at radius 2 is 2.21 bits per heavy atom. The van der Waals surface area contributed by atoms with Gasteiger partial charge < -0.3 is 15.6 Å². The van der Waals surface area contributed by atoms with Crippen LogP contribution in [-0.4, -0.2) is 30.5 Å². The van der Waals surface area contributed by atoms with Gasteiger partial charge in [0.15, 0.2) is 0 Å². The van der Waals surface area contributed by atoms with E-state index in [1.54, 1.807) is 0 Å². The van der Waals surface area contributed by atoms with Crippen LogP contribution in [0.25, 0.3) is 0 Å². The van der Waals surface area contributed by atoms with Gasteiger partial charge in [-0.1, -0.05) is 13.3 Å². The quantitative estimate of drug-likeness (QED) is 0.710. The van der Waals surface area contributed by atoms with Crippen LogP contribution in [-0.2, 0) is 4.74 Å². The van der Waals surface area contributed by atoms with Crippen molar-refractivity contribution >= 4 is 0 Å². The summed E-state index contributed by atoms with van der Waals surface area (Å²) in [6.07, 6.45) is 4.51. The molecule has 3 nitrogen and oxygen atoms in total. The minimum absolute atomic E-state index is 0.0205. The number of hydrogen-bond acceptors (Lipinski definition) is 3. The third kappa shape index (κ3) is 1.58. The van der Waals surface area contributed by atoms with Gasteiger partial charge in [0, 0.05) is 11.0 Å². The number of hydrogen-bond donors (Lipinski definition) is 2. The van der Waals surface area contributed by atoms with Gasteiger partial charge in [0.25, 0.3) is 0 Å². The van der Waals surface area contributed by atoms with Crippen molar-refractivity contribution in [2.45, 2.75) is 38.1 Å². The average molecular weight is 199 g/mol. The highest BCUT2D eigenvalue weighted by Gasteiger charge is 2.47. The molecule has 0 spiro atoms. The molecule has 1 aliphatic heterocycles. The third-order valence-electron chi connectivity index (χ3n) is 4.12. The molecule has 1 heterocycles. The maximum Gasteiger partial charge on any atom is 0.0567 e. The predicted octanol–water partition coefficient (Wildman–Crippen LogP) is 0.903. The predicted molar refractivity (Wildman–Crippen MR) is 54.9 cm³/mol. The van der Waals surface area contributed by atoms with Crippen molar-refractivity contribution in [3.63, 3.8) is 0 Å². The molecule has 0 aromatic heterocycles. The van der Waals surface area contributed by atoms with E-state index >= 15 is 0 Å². The van der Waals surface area contributed by atoms with Gasteiger partial charge in [-0.2, -0.15) is 0 Å². The van der Waals surface area contributed by atoms with E-state index in [1.807, 2.05) is 0 Å². The first kappa shape index (κ1) is 10.4. The second-order valence-electron chi connectivity index (χ2n) is 5.35. The van der Waals surface area contributed by atoms with E-state index in [0.717, 1.165) is 12.8 Å². The molecule has 0 radical (unpaired) electrons. The molecule has 3 N–H and O–H groups in total. The summed E-state index contributed by atoms with van der Waals surface area (Å²) in [5, 5.41) is 9.36. The summed E-state index contributed by atoms with van der Waals surface area (Å²) in [5.74, 6) is 0.589. The van der Waals surface area contributed by atoms with Gasteiger partial charge in [-0.05, 0) is 25.2 Å². The van der Waals surface area contributed by atoms with Crippen LogP contribution in [0.2, 0.25) is 0 Å². The van der Waals surface area contributed by atoms with E-state index in [1.165, 1.54) is 12.8 Å². The SMILES string of the molecule is CC1CCCC1(N)CC1(CO)COC1. The molecule has 82 valence electrons. The Morgan fingerprint density at radius 3 is 2.57 bits per heavy atom. The number of ether oxygens (including phenoxy) is 1. The number of aliphatic hydroxyl groups excluding tert-OH is 1. The Labute approximate surface area is 85.6 Å². The van der Waals surface area contributed by atoms with Gasteiger partial charge in [0.1, 0.15) is 0 Å². The summed E-state index contributed by atoms with van der Waals surface area (Å²) in [6.45, 7) is 3.83. The first-order chi connectivity index (χ1) is 6.60. The van der Waals surface area contributed by atoms with Gasteiger partial charge in [0.2, 0.25) is 0 Å². The molecule has 0 aromatic rings. The molecule has 14 heavy (non-hydrogen) atoms. The fourth-order valence-electron chi connectivity index (χ4n) is 2.87. The van der Waals surface area contributed by atoms with E-state index in [9.17, 15) is 5.11 Å². The van der Waals surface area contributed by atoms with Gasteiger partial charge >= 0.3 is 0 Å². The maximum atomic E-state index is 9.36. The van der Waals surface area contributed by atoms with Gasteiger partial charge in [-0.25, -0.2) is 0 Å². The Bertz CT molecular complexity index is 210. The Kier molecular flexibility index (Phi) is 2.58. The summed E-state index contributed by atoms with van der Waals surface area (Å²) in [5.41, 5.74) is 6.34. The van der Waals surface area contributed by atoms with Crippen LogP contribution in [0.5, 0.6) is 0 Å². The Hall–Kier alpha value is -0.120. The molecule has 0 bridgehead atoms. The standard InChI is InChI=1S/C11H21NO2/c1-9-3-2-4-11(9,12)5-10(6-13)7-14-8-10/h9,13H,2-8,12H2,1H3. The molecule has 2 rings (SSSR count). The van der Waals surface area contributed by atoms with Crippen molar-refractivity contribution in [3.8, 4) is 0 Å². The smallest absolute Gasteiger partial charge is 0.0567 e. The molecule has 2 unspecified atom stereocenters. The molecule has 2 aliphatic rings. The molecule has 1 saturated carbocycles. The number of aliphatic hydroxyl groups is 1. The first-order valence-corrected chi connectivity index (χ1v) is 5.58. The fraction of sp³-hybridized carbons (Fsp3) is 1.00. The first-order valence-electron chi connectivity index (χ1n) is 5.58. The maximum absolute atomic E-state index is 9.36. The highest BCUT2D eigenvalue weighted by molar-refractivity contribution is 5.01. The van der Waals surface area contributed by atoms with Crippen LogP contribution < -0.4 is 5.73 Å². The van der Waals surface area contributed by atoms with Crippen molar-refractivity contribution in [2.24, 2.45) is 17.1 Å². The molecule has 1 saturated heterocycles. The van der Waals surface area contributed by atoms with Crippen molar-refractivity contribution in [2.75, 3.05) is 19.8 Å². The zero-order valence-electron chi connectivity index (χ0n) is 8.96. The largest absolute Gasteiger partial charge is 0.396 e. The van der Waals surface area contributed by atoms with E-state index in [0.29, 0.717) is 19.1 Å². The Morgan fingerprint density at radius 1 is 1.50 bits per heavy atom. The number of rotatable bonds is 3. The molecule has 3 heteroatoms. The van der Waals surface area contributed by atoms with E-state index < -0.39 is 0 Å². The minimum Gasteiger partial charge on any atom is -0.396 e. The number of nitrogens with two attached hydrogens (primary N) is 1. The molecular weight excluding hydrogens is 178 g/mol. The molecule has 0 aromatic carbocycles. The van der Waals surface area contributed by atoms with Crippen LogP contribution in [0.4, 0.5) is 0 Å². The highest BCUT2D eigenvalue weighted by atomic mass is 16.5. The second kappa shape index (κ2) is 3.47. The zero-order valence-corrected chi connectivity index (χ0v) is 8.96. The van der Waals surface area contributed by atoms with Crippen molar-refractivity contribution < 1.29 is 9.84 Å². The summed E-state index contributed by atoms with van der Waals surface area (Å²) < 4.78 is 5.20. The van der Waals surface area contributed by atoms with Gasteiger partial charge in [-0.3, -0.25) is 0 Å². The lowest BCUT2D eigenvalue weighted by molar-refractivity contribution is -0.151. The van der Waals surface area contributed by atoms with E-state index in [4.69, 9.17) is 10.5 Å². The molecule has 2 fully saturated rings. The van der Waals surface area contributed by atoms with Crippen molar-refractivity contribution in [3.05, 3.63) is 0 Å². The van der Waals surface area contributed by atoms with E-state index in [-0.39, 0.29) is 17.6 Å². The van der Waals surface area contributed by atoms with Crippen LogP contribution in [0.15, 0.2) is 0 Å². The van der Waals surface area contributed by atoms with Crippen LogP contribution >= 0.6 is 0 Å². The van der Waals surface area contributed by atoms with Crippen molar-refractivity contribution in [1.82, 2.24) is 0 Å². The summed E-state index contributed by atoms with van der Waals surface area (Å²) >= 11 is 0. The minimum atomic E-state index is -0.0491. The molecule has 0 amide bonds. The van der Waals surface area contributed by atoms with Gasteiger partial charge in [-0.15, -0.1) is 0 Å². The average Bonchev–Trinajstić information content (AvgIpc) is 2.41. The normalized spacial score (nSPS) is 40.9. The third-order valence-corrected chi connectivity index (χ3v) is 4.12. The monoisotopic (exact) mass is 199 g/mol. The lowest BCUT2D eigenvalue weighted by Crippen LogP contribution is -2.55. The van der Waals surface area contributed by atoms with Crippen LogP contribution in [0.1, 0.15) is 32.6 Å². The second-order valence-corrected chi connectivity index (χ2v) is 5.35. The van der Waals surface area contributed by atoms with Crippen molar-refractivity contribution in [1.29, 1.82) is 0 Å². The highest BCUT2D eigenvalue weighted by Crippen LogP contribution is 2.44. The molecule has 2 atom stereocenters. The van der Waals surface area contributed by atoms with Crippen LogP contribution in [0.3, 0.4) is 0 Å². The zero-order chi connectivity index (χ0) is 10.2. The topological polar surface area (TPSA) is 55.5 Å². The molecular formula is C11H21NO2. The van der Waals surface area contributed by atoms with Gasteiger partial charge in [0.05, 0.1) is 19.8 Å². The Balaban J connectivity index is 2.01. The lowest BCUT2D eigenvalue weighted by atomic mass is 9.71. The van der Waals surface area contributed by atoms with Crippen LogP contribution in [0, 0.1) is 11.3 Å². The fourth-order valence-corrected chi connectivity index (χ4v) is 2.87. The van der Waals surface area contributed by atoms with E-state index in [2.05, 4.69) is 6.92 Å².